The highest BCUT2D eigenvalue weighted by Gasteiger charge is 2.50. The van der Waals surface area contributed by atoms with Crippen LogP contribution in [0.25, 0.3) is 0 Å². The Kier molecular flexibility index (Phi) is 3.24. The van der Waals surface area contributed by atoms with E-state index in [1.807, 2.05) is 0 Å². The fourth-order valence-corrected chi connectivity index (χ4v) is 3.74. The third-order valence-electron chi connectivity index (χ3n) is 4.73. The molecule has 2 saturated carbocycles. The van der Waals surface area contributed by atoms with E-state index in [-0.39, 0.29) is 11.4 Å². The lowest BCUT2D eigenvalue weighted by molar-refractivity contribution is -0.161. The minimum atomic E-state index is -0.200. The number of rotatable bonds is 2. The molecule has 0 aromatic rings. The van der Waals surface area contributed by atoms with Gasteiger partial charge in [-0.1, -0.05) is 13.3 Å². The number of carbonyl (C=O) groups excluding carboxylic acids is 1. The zero-order valence-electron chi connectivity index (χ0n) is 10.4. The van der Waals surface area contributed by atoms with Crippen molar-refractivity contribution in [3.05, 3.63) is 0 Å². The molecule has 3 nitrogen and oxygen atoms in total. The van der Waals surface area contributed by atoms with Crippen molar-refractivity contribution in [2.45, 2.75) is 51.5 Å². The summed E-state index contributed by atoms with van der Waals surface area (Å²) in [6.45, 7) is 2.21. The quantitative estimate of drug-likeness (QED) is 0.732. The van der Waals surface area contributed by atoms with Crippen molar-refractivity contribution < 1.29 is 9.53 Å². The van der Waals surface area contributed by atoms with Gasteiger partial charge in [0.1, 0.15) is 0 Å². The maximum absolute atomic E-state index is 12.0. The molecule has 0 aromatic heterocycles. The van der Waals surface area contributed by atoms with Crippen molar-refractivity contribution in [1.82, 2.24) is 0 Å². The smallest absolute Gasteiger partial charge is 0.311 e. The van der Waals surface area contributed by atoms with Gasteiger partial charge in [0.2, 0.25) is 0 Å². The van der Waals surface area contributed by atoms with Crippen LogP contribution in [-0.2, 0) is 9.53 Å². The van der Waals surface area contributed by atoms with E-state index in [9.17, 15) is 4.79 Å². The van der Waals surface area contributed by atoms with E-state index in [2.05, 4.69) is 6.92 Å². The van der Waals surface area contributed by atoms with Crippen molar-refractivity contribution in [2.24, 2.45) is 23.0 Å². The molecule has 3 unspecified atom stereocenters. The summed E-state index contributed by atoms with van der Waals surface area (Å²) in [5.74, 6) is 1.19. The predicted octanol–water partition coefficient (Wildman–Crippen LogP) is 2.09. The summed E-state index contributed by atoms with van der Waals surface area (Å²) in [5.41, 5.74) is 5.95. The molecule has 4 atom stereocenters. The maximum Gasteiger partial charge on any atom is 0.311 e. The lowest BCUT2D eigenvalue weighted by Gasteiger charge is -2.48. The van der Waals surface area contributed by atoms with Gasteiger partial charge in [0.05, 0.1) is 12.5 Å². The molecule has 3 heteroatoms. The average molecular weight is 225 g/mol. The number of methoxy groups -OCH3 is 1. The molecule has 2 rings (SSSR count). The van der Waals surface area contributed by atoms with Gasteiger partial charge < -0.3 is 10.5 Å². The van der Waals surface area contributed by atoms with Crippen LogP contribution in [0.4, 0.5) is 0 Å². The van der Waals surface area contributed by atoms with E-state index in [4.69, 9.17) is 10.5 Å². The first-order chi connectivity index (χ1) is 7.61. The van der Waals surface area contributed by atoms with Gasteiger partial charge >= 0.3 is 5.97 Å². The van der Waals surface area contributed by atoms with Crippen molar-refractivity contribution in [1.29, 1.82) is 0 Å². The molecule has 92 valence electrons. The van der Waals surface area contributed by atoms with Gasteiger partial charge in [-0.2, -0.15) is 0 Å². The van der Waals surface area contributed by atoms with Crippen molar-refractivity contribution in [3.8, 4) is 0 Å². The summed E-state index contributed by atoms with van der Waals surface area (Å²) < 4.78 is 5.01. The van der Waals surface area contributed by atoms with E-state index in [1.54, 1.807) is 0 Å². The molecule has 2 bridgehead atoms. The number of ether oxygens (including phenoxy) is 1. The van der Waals surface area contributed by atoms with Crippen LogP contribution in [0.3, 0.4) is 0 Å². The van der Waals surface area contributed by atoms with E-state index in [1.165, 1.54) is 13.5 Å². The molecule has 0 heterocycles. The molecular weight excluding hydrogens is 202 g/mol. The highest BCUT2D eigenvalue weighted by molar-refractivity contribution is 5.77. The molecule has 16 heavy (non-hydrogen) atoms. The Labute approximate surface area is 97.7 Å². The fourth-order valence-electron chi connectivity index (χ4n) is 3.74. The molecule has 0 spiro atoms. The number of carbonyl (C=O) groups is 1. The minimum Gasteiger partial charge on any atom is -0.469 e. The lowest BCUT2D eigenvalue weighted by atomic mass is 9.57. The molecule has 2 aliphatic rings. The van der Waals surface area contributed by atoms with E-state index in [0.29, 0.717) is 17.9 Å². The molecule has 0 radical (unpaired) electrons. The first kappa shape index (κ1) is 11.9. The molecule has 2 N–H and O–H groups in total. The second kappa shape index (κ2) is 4.36. The summed E-state index contributed by atoms with van der Waals surface area (Å²) in [6.07, 6.45) is 6.24. The Balaban J connectivity index is 2.20. The van der Waals surface area contributed by atoms with Crippen LogP contribution >= 0.6 is 0 Å². The van der Waals surface area contributed by atoms with Crippen LogP contribution in [0.1, 0.15) is 45.4 Å². The summed E-state index contributed by atoms with van der Waals surface area (Å²) in [5, 5.41) is 0. The number of esters is 1. The second-order valence-corrected chi connectivity index (χ2v) is 5.65. The fraction of sp³-hybridized carbons (Fsp3) is 0.923. The Morgan fingerprint density at radius 3 is 2.88 bits per heavy atom. The van der Waals surface area contributed by atoms with E-state index in [0.717, 1.165) is 32.1 Å². The minimum absolute atomic E-state index is 0.00236. The normalized spacial score (nSPS) is 42.8. The SMILES string of the molecule is CCC1CC2C[C@](C(=O)OC)(CCC2N)C1. The van der Waals surface area contributed by atoms with E-state index >= 15 is 0 Å². The highest BCUT2D eigenvalue weighted by Crippen LogP contribution is 2.51. The third kappa shape index (κ3) is 1.86. The van der Waals surface area contributed by atoms with Gasteiger partial charge in [0.25, 0.3) is 0 Å². The summed E-state index contributed by atoms with van der Waals surface area (Å²) in [6, 6.07) is 0.298. The van der Waals surface area contributed by atoms with E-state index < -0.39 is 0 Å². The molecule has 0 aliphatic heterocycles. The van der Waals surface area contributed by atoms with Gasteiger partial charge in [-0.15, -0.1) is 0 Å². The topological polar surface area (TPSA) is 52.3 Å². The Hall–Kier alpha value is -0.570. The first-order valence-electron chi connectivity index (χ1n) is 6.45. The largest absolute Gasteiger partial charge is 0.469 e. The highest BCUT2D eigenvalue weighted by atomic mass is 16.5. The number of hydrogen-bond donors (Lipinski definition) is 1. The number of hydrogen-bond acceptors (Lipinski definition) is 3. The molecule has 2 fully saturated rings. The van der Waals surface area contributed by atoms with Gasteiger partial charge in [-0.3, -0.25) is 4.79 Å². The van der Waals surface area contributed by atoms with Gasteiger partial charge in [-0.05, 0) is 43.9 Å². The molecular formula is C13H23NO2. The lowest BCUT2D eigenvalue weighted by Crippen LogP contribution is -2.50. The van der Waals surface area contributed by atoms with Crippen LogP contribution in [0.5, 0.6) is 0 Å². The third-order valence-corrected chi connectivity index (χ3v) is 4.73. The summed E-state index contributed by atoms with van der Waals surface area (Å²) in [7, 11) is 1.51. The molecule has 2 aliphatic carbocycles. The van der Waals surface area contributed by atoms with Crippen LogP contribution < -0.4 is 5.73 Å². The van der Waals surface area contributed by atoms with Crippen molar-refractivity contribution in [2.75, 3.05) is 7.11 Å². The maximum atomic E-state index is 12.0. The predicted molar refractivity (Wildman–Crippen MR) is 62.8 cm³/mol. The first-order valence-corrected chi connectivity index (χ1v) is 6.45. The van der Waals surface area contributed by atoms with Crippen molar-refractivity contribution in [3.63, 3.8) is 0 Å². The van der Waals surface area contributed by atoms with Crippen LogP contribution in [0.15, 0.2) is 0 Å². The Morgan fingerprint density at radius 2 is 2.25 bits per heavy atom. The second-order valence-electron chi connectivity index (χ2n) is 5.65. The van der Waals surface area contributed by atoms with Gasteiger partial charge in [0, 0.05) is 6.04 Å². The molecule has 0 aromatic carbocycles. The average Bonchev–Trinajstić information content (AvgIpc) is 2.33. The Bertz CT molecular complexity index is 275. The standard InChI is InChI=1S/C13H23NO2/c1-3-9-6-10-8-13(7-9,12(15)16-2)5-4-11(10)14/h9-11H,3-8,14H2,1-2H3/t9?,10?,11?,13-/m0/s1. The zero-order valence-corrected chi connectivity index (χ0v) is 10.4. The van der Waals surface area contributed by atoms with Crippen LogP contribution in [-0.4, -0.2) is 19.1 Å². The summed E-state index contributed by atoms with van der Waals surface area (Å²) >= 11 is 0. The van der Waals surface area contributed by atoms with Gasteiger partial charge in [0.15, 0.2) is 0 Å². The number of fused-ring (bicyclic) bond motifs is 2. The van der Waals surface area contributed by atoms with Crippen LogP contribution in [0.2, 0.25) is 0 Å². The number of nitrogens with two attached hydrogens (primary N) is 1. The molecule has 0 amide bonds. The van der Waals surface area contributed by atoms with Gasteiger partial charge in [-0.25, -0.2) is 0 Å². The monoisotopic (exact) mass is 225 g/mol. The zero-order chi connectivity index (χ0) is 11.8. The van der Waals surface area contributed by atoms with Crippen LogP contribution in [0, 0.1) is 17.3 Å². The Morgan fingerprint density at radius 1 is 1.50 bits per heavy atom. The van der Waals surface area contributed by atoms with Crippen molar-refractivity contribution >= 4 is 5.97 Å². The summed E-state index contributed by atoms with van der Waals surface area (Å²) in [4.78, 5) is 12.0. The molecule has 0 saturated heterocycles.